The normalized spacial score (nSPS) is 11.9. The summed E-state index contributed by atoms with van der Waals surface area (Å²) in [6, 6.07) is 44.5. The molecule has 0 saturated heterocycles. The fourth-order valence-electron chi connectivity index (χ4n) is 6.72. The average Bonchev–Trinajstić information content (AvgIpc) is 3.53. The zero-order valence-corrected chi connectivity index (χ0v) is 22.8. The van der Waals surface area contributed by atoms with Gasteiger partial charge in [-0.05, 0) is 71.4 Å². The lowest BCUT2D eigenvalue weighted by Gasteiger charge is -2.08. The van der Waals surface area contributed by atoms with Gasteiger partial charge in [-0.2, -0.15) is 0 Å². The van der Waals surface area contributed by atoms with Crippen LogP contribution in [0.1, 0.15) is 0 Å². The van der Waals surface area contributed by atoms with E-state index in [1.807, 2.05) is 109 Å². The maximum atomic E-state index is 13.6. The quantitative estimate of drug-likeness (QED) is 0.215. The Labute approximate surface area is 244 Å². The van der Waals surface area contributed by atoms with E-state index in [2.05, 4.69) is 33.4 Å². The fraction of sp³-hybridized carbons (Fsp3) is 0. The first-order chi connectivity index (χ1) is 21.2. The van der Waals surface area contributed by atoms with E-state index in [4.69, 9.17) is 4.42 Å². The molecule has 0 unspecified atom stereocenters. The summed E-state index contributed by atoms with van der Waals surface area (Å²) in [7, 11) is 0. The van der Waals surface area contributed by atoms with Crippen LogP contribution in [0.15, 0.2) is 147 Å². The number of hydrogen-bond acceptors (Lipinski definition) is 3. The van der Waals surface area contributed by atoms with Crippen molar-refractivity contribution >= 4 is 65.2 Å². The van der Waals surface area contributed by atoms with Crippen LogP contribution in [-0.2, 0) is 0 Å². The van der Waals surface area contributed by atoms with Crippen LogP contribution in [0, 0.1) is 0 Å². The molecule has 3 heterocycles. The Morgan fingerprint density at radius 3 is 1.19 bits per heavy atom. The maximum Gasteiger partial charge on any atom is 0.346 e. The van der Waals surface area contributed by atoms with Gasteiger partial charge in [-0.25, -0.2) is 9.59 Å². The van der Waals surface area contributed by atoms with Crippen LogP contribution in [0.2, 0.25) is 0 Å². The highest BCUT2D eigenvalue weighted by molar-refractivity contribution is 6.21. The zero-order chi connectivity index (χ0) is 28.7. The summed E-state index contributed by atoms with van der Waals surface area (Å²) in [6.07, 6.45) is 0. The van der Waals surface area contributed by atoms with E-state index >= 15 is 0 Å². The lowest BCUT2D eigenvalue weighted by atomic mass is 10.0. The van der Waals surface area contributed by atoms with Crippen molar-refractivity contribution in [2.45, 2.75) is 0 Å². The van der Waals surface area contributed by atoms with Gasteiger partial charge in [-0.15, -0.1) is 0 Å². The molecule has 0 aliphatic heterocycles. The second-order valence-electron chi connectivity index (χ2n) is 10.9. The Bertz CT molecular complexity index is 2510. The predicted octanol–water partition coefficient (Wildman–Crippen LogP) is 8.50. The topological polar surface area (TPSA) is 57.1 Å². The van der Waals surface area contributed by atoms with Crippen molar-refractivity contribution in [3.05, 3.63) is 154 Å². The summed E-state index contributed by atoms with van der Waals surface area (Å²) in [5, 5.41) is 6.24. The third-order valence-electron chi connectivity index (χ3n) is 8.57. The molecule has 5 heteroatoms. The van der Waals surface area contributed by atoms with Gasteiger partial charge in [0.2, 0.25) is 0 Å². The Morgan fingerprint density at radius 2 is 0.744 bits per heavy atom. The molecule has 0 N–H and O–H groups in total. The first kappa shape index (κ1) is 23.7. The number of fused-ring (bicyclic) bond motifs is 9. The van der Waals surface area contributed by atoms with Crippen LogP contribution in [0.25, 0.3) is 76.5 Å². The second kappa shape index (κ2) is 8.78. The molecular weight excluding hydrogens is 532 g/mol. The minimum Gasteiger partial charge on any atom is -0.386 e. The standard InChI is InChI=1S/C38H22N2O3/c41-37-31-21-35-29(25-15-7-9-17-33(25)39(35)23-11-3-1-4-12-23)19-27(31)28-20-30-26-16-8-10-18-34(26)40(24-13-5-2-6-14-24)36(30)22-32(28)38(42)43-37/h1-22H. The van der Waals surface area contributed by atoms with Crippen LogP contribution in [0.4, 0.5) is 0 Å². The number of benzene rings is 6. The van der Waals surface area contributed by atoms with Crippen molar-refractivity contribution in [2.24, 2.45) is 0 Å². The molecule has 0 bridgehead atoms. The van der Waals surface area contributed by atoms with E-state index in [9.17, 15) is 9.59 Å². The molecule has 9 rings (SSSR count). The molecule has 0 radical (unpaired) electrons. The fourth-order valence-corrected chi connectivity index (χ4v) is 6.72. The second-order valence-corrected chi connectivity index (χ2v) is 10.9. The highest BCUT2D eigenvalue weighted by Crippen LogP contribution is 2.38. The third kappa shape index (κ3) is 3.33. The Balaban J connectivity index is 1.49. The SMILES string of the molecule is O=c1oc(=O)c2cc3c(cc2c2cc4c5ccccc5n(-c5ccccc5)c4cc12)c1ccccc1n3-c1ccccc1. The van der Waals surface area contributed by atoms with Gasteiger partial charge >= 0.3 is 11.3 Å². The molecule has 0 fully saturated rings. The molecule has 0 aliphatic rings. The van der Waals surface area contributed by atoms with Crippen molar-refractivity contribution in [2.75, 3.05) is 0 Å². The summed E-state index contributed by atoms with van der Waals surface area (Å²) < 4.78 is 9.82. The van der Waals surface area contributed by atoms with E-state index in [1.165, 1.54) is 0 Å². The largest absolute Gasteiger partial charge is 0.386 e. The summed E-state index contributed by atoms with van der Waals surface area (Å²) in [5.41, 5.74) is 4.50. The smallest absolute Gasteiger partial charge is 0.346 e. The van der Waals surface area contributed by atoms with Crippen molar-refractivity contribution in [1.82, 2.24) is 9.13 Å². The first-order valence-corrected chi connectivity index (χ1v) is 14.2. The summed E-state index contributed by atoms with van der Waals surface area (Å²) >= 11 is 0. The van der Waals surface area contributed by atoms with E-state index < -0.39 is 11.3 Å². The van der Waals surface area contributed by atoms with Crippen LogP contribution in [0.3, 0.4) is 0 Å². The zero-order valence-electron chi connectivity index (χ0n) is 22.8. The van der Waals surface area contributed by atoms with E-state index in [-0.39, 0.29) is 0 Å². The van der Waals surface area contributed by atoms with Crippen LogP contribution >= 0.6 is 0 Å². The van der Waals surface area contributed by atoms with Gasteiger partial charge in [-0.3, -0.25) is 0 Å². The van der Waals surface area contributed by atoms with Crippen molar-refractivity contribution in [3.8, 4) is 11.4 Å². The van der Waals surface area contributed by atoms with Gasteiger partial charge in [0.05, 0.1) is 32.8 Å². The van der Waals surface area contributed by atoms with E-state index in [0.29, 0.717) is 21.5 Å². The molecular formula is C38H22N2O3. The molecule has 6 aromatic carbocycles. The van der Waals surface area contributed by atoms with Gasteiger partial charge in [0, 0.05) is 32.9 Å². The Kier molecular flexibility index (Phi) is 4.85. The van der Waals surface area contributed by atoms with Crippen LogP contribution in [0.5, 0.6) is 0 Å². The highest BCUT2D eigenvalue weighted by Gasteiger charge is 2.19. The minimum atomic E-state index is -0.650. The predicted molar refractivity (Wildman–Crippen MR) is 175 cm³/mol. The van der Waals surface area contributed by atoms with Gasteiger partial charge in [0.15, 0.2) is 0 Å². The lowest BCUT2D eigenvalue weighted by molar-refractivity contribution is 0.491. The maximum absolute atomic E-state index is 13.6. The number of nitrogens with zero attached hydrogens (tertiary/aromatic N) is 2. The number of rotatable bonds is 2. The molecule has 5 nitrogen and oxygen atoms in total. The van der Waals surface area contributed by atoms with Crippen molar-refractivity contribution < 1.29 is 4.42 Å². The average molecular weight is 555 g/mol. The summed E-state index contributed by atoms with van der Waals surface area (Å²) in [4.78, 5) is 27.1. The summed E-state index contributed by atoms with van der Waals surface area (Å²) in [6.45, 7) is 0. The van der Waals surface area contributed by atoms with Gasteiger partial charge in [-0.1, -0.05) is 72.8 Å². The third-order valence-corrected chi connectivity index (χ3v) is 8.57. The lowest BCUT2D eigenvalue weighted by Crippen LogP contribution is -2.05. The molecule has 0 aliphatic carbocycles. The molecule has 202 valence electrons. The van der Waals surface area contributed by atoms with Crippen molar-refractivity contribution in [1.29, 1.82) is 0 Å². The van der Waals surface area contributed by atoms with E-state index in [1.54, 1.807) is 0 Å². The number of para-hydroxylation sites is 4. The van der Waals surface area contributed by atoms with Gasteiger partial charge in [0.1, 0.15) is 0 Å². The molecule has 9 aromatic rings. The number of aromatic nitrogens is 2. The highest BCUT2D eigenvalue weighted by atomic mass is 16.4. The van der Waals surface area contributed by atoms with Crippen molar-refractivity contribution in [3.63, 3.8) is 0 Å². The molecule has 3 aromatic heterocycles. The van der Waals surface area contributed by atoms with Crippen LogP contribution < -0.4 is 11.3 Å². The van der Waals surface area contributed by atoms with Crippen LogP contribution in [-0.4, -0.2) is 9.13 Å². The molecule has 0 spiro atoms. The summed E-state index contributed by atoms with van der Waals surface area (Å²) in [5.74, 6) is 0. The van der Waals surface area contributed by atoms with Gasteiger partial charge in [0.25, 0.3) is 0 Å². The molecule has 0 saturated carbocycles. The molecule has 43 heavy (non-hydrogen) atoms. The minimum absolute atomic E-state index is 0.366. The molecule has 0 atom stereocenters. The molecule has 0 amide bonds. The Hall–Kier alpha value is -5.94. The first-order valence-electron chi connectivity index (χ1n) is 14.2. The van der Waals surface area contributed by atoms with Gasteiger partial charge < -0.3 is 13.6 Å². The number of hydrogen-bond donors (Lipinski definition) is 0. The monoisotopic (exact) mass is 554 g/mol. The Morgan fingerprint density at radius 1 is 0.349 bits per heavy atom. The van der Waals surface area contributed by atoms with E-state index in [0.717, 1.165) is 55.0 Å².